The SMILES string of the molecule is Clc1[c]ncnc1. The van der Waals surface area contributed by atoms with E-state index in [2.05, 4.69) is 16.2 Å². The van der Waals surface area contributed by atoms with Crippen molar-refractivity contribution in [2.24, 2.45) is 0 Å². The Labute approximate surface area is 46.2 Å². The third kappa shape index (κ3) is 1.12. The molecule has 1 aromatic rings. The van der Waals surface area contributed by atoms with Crippen molar-refractivity contribution in [3.63, 3.8) is 0 Å². The Kier molecular flexibility index (Phi) is 1.22. The van der Waals surface area contributed by atoms with Gasteiger partial charge < -0.3 is 0 Å². The zero-order valence-corrected chi connectivity index (χ0v) is 4.18. The van der Waals surface area contributed by atoms with E-state index in [4.69, 9.17) is 11.6 Å². The number of hydrogen-bond acceptors (Lipinski definition) is 2. The fraction of sp³-hybridized carbons (Fsp3) is 0. The van der Waals surface area contributed by atoms with E-state index < -0.39 is 0 Å². The molecule has 0 atom stereocenters. The summed E-state index contributed by atoms with van der Waals surface area (Å²) < 4.78 is 0. The molecule has 35 valence electrons. The van der Waals surface area contributed by atoms with Crippen LogP contribution in [0.2, 0.25) is 5.02 Å². The van der Waals surface area contributed by atoms with Gasteiger partial charge in [0, 0.05) is 6.20 Å². The lowest BCUT2D eigenvalue weighted by Crippen LogP contribution is -1.72. The molecule has 0 aliphatic rings. The molecule has 0 spiro atoms. The summed E-state index contributed by atoms with van der Waals surface area (Å²) in [6.45, 7) is 0. The molecule has 2 nitrogen and oxygen atoms in total. The van der Waals surface area contributed by atoms with Crippen LogP contribution in [-0.4, -0.2) is 9.97 Å². The molecule has 1 rings (SSSR count). The minimum absolute atomic E-state index is 0.447. The molecule has 0 aromatic carbocycles. The fourth-order valence-electron chi connectivity index (χ4n) is 0.252. The maximum Gasteiger partial charge on any atom is 0.116 e. The van der Waals surface area contributed by atoms with Gasteiger partial charge in [0.2, 0.25) is 0 Å². The number of hydrogen-bond donors (Lipinski definition) is 0. The van der Waals surface area contributed by atoms with E-state index in [1.54, 1.807) is 0 Å². The lowest BCUT2D eigenvalue weighted by Gasteiger charge is -1.77. The molecule has 0 fully saturated rings. The zero-order valence-electron chi connectivity index (χ0n) is 3.43. The van der Waals surface area contributed by atoms with Crippen molar-refractivity contribution in [1.29, 1.82) is 0 Å². The van der Waals surface area contributed by atoms with Crippen molar-refractivity contribution >= 4 is 11.6 Å². The van der Waals surface area contributed by atoms with E-state index in [0.717, 1.165) is 0 Å². The second-order valence-corrected chi connectivity index (χ2v) is 1.39. The summed E-state index contributed by atoms with van der Waals surface area (Å²) >= 11 is 5.36. The average molecular weight is 114 g/mol. The van der Waals surface area contributed by atoms with Crippen molar-refractivity contribution in [3.05, 3.63) is 23.7 Å². The highest BCUT2D eigenvalue weighted by Crippen LogP contribution is 1.97. The minimum Gasteiger partial charge on any atom is -0.243 e. The van der Waals surface area contributed by atoms with Crippen molar-refractivity contribution in [3.8, 4) is 0 Å². The van der Waals surface area contributed by atoms with Gasteiger partial charge in [-0.25, -0.2) is 9.97 Å². The van der Waals surface area contributed by atoms with Gasteiger partial charge in [0.05, 0.1) is 5.02 Å². The molecular weight excluding hydrogens is 112 g/mol. The smallest absolute Gasteiger partial charge is 0.116 e. The molecule has 1 heterocycles. The molecule has 0 saturated heterocycles. The first-order valence-electron chi connectivity index (χ1n) is 1.73. The first-order chi connectivity index (χ1) is 3.39. The van der Waals surface area contributed by atoms with E-state index in [9.17, 15) is 0 Å². The Balaban J connectivity index is 3.02. The predicted molar refractivity (Wildman–Crippen MR) is 25.9 cm³/mol. The summed E-state index contributed by atoms with van der Waals surface area (Å²) in [5.74, 6) is 0. The largest absolute Gasteiger partial charge is 0.243 e. The summed E-state index contributed by atoms with van der Waals surface area (Å²) in [5.41, 5.74) is 0. The minimum atomic E-state index is 0.447. The van der Waals surface area contributed by atoms with E-state index in [0.29, 0.717) is 5.02 Å². The van der Waals surface area contributed by atoms with Crippen molar-refractivity contribution in [1.82, 2.24) is 9.97 Å². The Morgan fingerprint density at radius 3 is 2.86 bits per heavy atom. The third-order valence-electron chi connectivity index (χ3n) is 0.484. The third-order valence-corrected chi connectivity index (χ3v) is 0.666. The number of halogens is 1. The molecule has 0 unspecified atom stereocenters. The highest BCUT2D eigenvalue weighted by atomic mass is 35.5. The van der Waals surface area contributed by atoms with Gasteiger partial charge in [-0.05, 0) is 0 Å². The van der Waals surface area contributed by atoms with Crippen LogP contribution in [0.1, 0.15) is 0 Å². The van der Waals surface area contributed by atoms with Crippen LogP contribution in [-0.2, 0) is 0 Å². The van der Waals surface area contributed by atoms with E-state index in [-0.39, 0.29) is 0 Å². The predicted octanol–water partition coefficient (Wildman–Crippen LogP) is 0.930. The molecular formula is C4H2ClN2. The topological polar surface area (TPSA) is 25.8 Å². The first kappa shape index (κ1) is 4.53. The second kappa shape index (κ2) is 1.89. The van der Waals surface area contributed by atoms with Crippen LogP contribution in [0.25, 0.3) is 0 Å². The lowest BCUT2D eigenvalue weighted by atomic mass is 10.7. The second-order valence-electron chi connectivity index (χ2n) is 0.982. The Morgan fingerprint density at radius 1 is 1.71 bits per heavy atom. The highest BCUT2D eigenvalue weighted by Gasteiger charge is 1.78. The number of aromatic nitrogens is 2. The fourth-order valence-corrected chi connectivity index (χ4v) is 0.357. The average Bonchev–Trinajstić information content (AvgIpc) is 1.69. The summed E-state index contributed by atoms with van der Waals surface area (Å²) in [6.07, 6.45) is 5.35. The quantitative estimate of drug-likeness (QED) is 0.500. The van der Waals surface area contributed by atoms with Crippen molar-refractivity contribution in [2.45, 2.75) is 0 Å². The van der Waals surface area contributed by atoms with Crippen molar-refractivity contribution in [2.75, 3.05) is 0 Å². The maximum absolute atomic E-state index is 5.36. The monoisotopic (exact) mass is 113 g/mol. The molecule has 7 heavy (non-hydrogen) atoms. The highest BCUT2D eigenvalue weighted by molar-refractivity contribution is 6.30. The number of rotatable bonds is 0. The van der Waals surface area contributed by atoms with Gasteiger partial charge in [0.25, 0.3) is 0 Å². The molecule has 1 aromatic heterocycles. The summed E-state index contributed by atoms with van der Waals surface area (Å²) in [7, 11) is 0. The normalized spacial score (nSPS) is 8.71. The summed E-state index contributed by atoms with van der Waals surface area (Å²) in [5, 5.41) is 0.447. The van der Waals surface area contributed by atoms with Crippen LogP contribution < -0.4 is 0 Å². The molecule has 3 heteroatoms. The van der Waals surface area contributed by atoms with Crippen LogP contribution in [0.5, 0.6) is 0 Å². The van der Waals surface area contributed by atoms with Gasteiger partial charge in [-0.2, -0.15) is 0 Å². The van der Waals surface area contributed by atoms with Gasteiger partial charge in [-0.3, -0.25) is 0 Å². The van der Waals surface area contributed by atoms with E-state index in [1.807, 2.05) is 0 Å². The van der Waals surface area contributed by atoms with Gasteiger partial charge in [0.1, 0.15) is 12.5 Å². The van der Waals surface area contributed by atoms with Crippen molar-refractivity contribution < 1.29 is 0 Å². The molecule has 0 N–H and O–H groups in total. The van der Waals surface area contributed by atoms with Crippen LogP contribution in [0.4, 0.5) is 0 Å². The molecule has 0 amide bonds. The molecule has 0 aliphatic heterocycles. The summed E-state index contributed by atoms with van der Waals surface area (Å²) in [6, 6.07) is 0. The molecule has 0 saturated carbocycles. The van der Waals surface area contributed by atoms with Gasteiger partial charge in [0.15, 0.2) is 0 Å². The zero-order chi connectivity index (χ0) is 5.11. The van der Waals surface area contributed by atoms with Crippen LogP contribution in [0, 0.1) is 6.20 Å². The van der Waals surface area contributed by atoms with Crippen LogP contribution in [0.3, 0.4) is 0 Å². The molecule has 0 bridgehead atoms. The van der Waals surface area contributed by atoms with Crippen LogP contribution >= 0.6 is 11.6 Å². The molecule has 0 aliphatic carbocycles. The number of nitrogens with zero attached hydrogens (tertiary/aromatic N) is 2. The van der Waals surface area contributed by atoms with Gasteiger partial charge in [-0.1, -0.05) is 11.6 Å². The first-order valence-corrected chi connectivity index (χ1v) is 2.10. The standard InChI is InChI=1S/C4H2ClN2/c5-4-1-6-3-7-2-4/h1,3H. The Hall–Kier alpha value is -0.630. The Morgan fingerprint density at radius 2 is 2.57 bits per heavy atom. The van der Waals surface area contributed by atoms with E-state index in [1.165, 1.54) is 12.5 Å². The Bertz CT molecular complexity index is 140. The maximum atomic E-state index is 5.36. The summed E-state index contributed by atoms with van der Waals surface area (Å²) in [4.78, 5) is 7.13. The molecule has 1 radical (unpaired) electrons. The van der Waals surface area contributed by atoms with E-state index >= 15 is 0 Å². The van der Waals surface area contributed by atoms with Gasteiger partial charge in [-0.15, -0.1) is 0 Å². The lowest BCUT2D eigenvalue weighted by molar-refractivity contribution is 1.16. The van der Waals surface area contributed by atoms with Crippen LogP contribution in [0.15, 0.2) is 12.5 Å². The van der Waals surface area contributed by atoms with Gasteiger partial charge >= 0.3 is 0 Å².